The first-order valence-electron chi connectivity index (χ1n) is 10.00. The second-order valence-electron chi connectivity index (χ2n) is 7.58. The van der Waals surface area contributed by atoms with Crippen molar-refractivity contribution < 1.29 is 26.3 Å². The van der Waals surface area contributed by atoms with Gasteiger partial charge < -0.3 is 9.64 Å². The van der Waals surface area contributed by atoms with Crippen molar-refractivity contribution in [3.63, 3.8) is 0 Å². The molecule has 0 aliphatic carbocycles. The fraction of sp³-hybridized carbons (Fsp3) is 0.318. The number of benzene rings is 2. The zero-order valence-electron chi connectivity index (χ0n) is 17.2. The third-order valence-electron chi connectivity index (χ3n) is 5.45. The van der Waals surface area contributed by atoms with Crippen LogP contribution in [0.4, 0.5) is 18.3 Å². The van der Waals surface area contributed by atoms with Gasteiger partial charge in [0.25, 0.3) is 0 Å². The molecule has 0 bridgehead atoms. The highest BCUT2D eigenvalue weighted by Crippen LogP contribution is 2.33. The van der Waals surface area contributed by atoms with Gasteiger partial charge in [0.15, 0.2) is 15.0 Å². The lowest BCUT2D eigenvalue weighted by atomic mass is 10.1. The van der Waals surface area contributed by atoms with Gasteiger partial charge in [0.2, 0.25) is 0 Å². The Bertz CT molecular complexity index is 1180. The number of aromatic nitrogens is 1. The van der Waals surface area contributed by atoms with Crippen LogP contribution in [0.1, 0.15) is 18.4 Å². The van der Waals surface area contributed by atoms with Crippen LogP contribution in [0, 0.1) is 6.92 Å². The Labute approximate surface area is 188 Å². The highest BCUT2D eigenvalue weighted by atomic mass is 32.2. The second kappa shape index (κ2) is 8.74. The number of thiazole rings is 1. The predicted molar refractivity (Wildman–Crippen MR) is 118 cm³/mol. The van der Waals surface area contributed by atoms with Gasteiger partial charge in [-0.05, 0) is 49.6 Å². The van der Waals surface area contributed by atoms with Crippen LogP contribution in [0.5, 0.6) is 5.75 Å². The number of hydrogen-bond donors (Lipinski definition) is 0. The predicted octanol–water partition coefficient (Wildman–Crippen LogP) is 5.46. The minimum atomic E-state index is -4.82. The highest BCUT2D eigenvalue weighted by molar-refractivity contribution is 7.92. The molecule has 0 atom stereocenters. The minimum absolute atomic E-state index is 0.00145. The first-order valence-corrected chi connectivity index (χ1v) is 12.4. The van der Waals surface area contributed by atoms with Crippen molar-refractivity contribution in [3.05, 3.63) is 59.5 Å². The largest absolute Gasteiger partial charge is 0.573 e. The SMILES string of the molecule is Cc1ccccc1-c1csc(N2CCC(S(=O)(=O)c3ccc(OC(F)(F)F)cc3)CC2)n1. The van der Waals surface area contributed by atoms with Crippen LogP contribution in [-0.2, 0) is 9.84 Å². The molecule has 0 N–H and O–H groups in total. The van der Waals surface area contributed by atoms with Crippen LogP contribution in [-0.4, -0.2) is 38.1 Å². The van der Waals surface area contributed by atoms with E-state index in [-0.39, 0.29) is 4.90 Å². The van der Waals surface area contributed by atoms with E-state index in [1.807, 2.05) is 36.6 Å². The number of piperidine rings is 1. The summed E-state index contributed by atoms with van der Waals surface area (Å²) in [6, 6.07) is 12.4. The molecule has 2 heterocycles. The van der Waals surface area contributed by atoms with E-state index in [4.69, 9.17) is 4.98 Å². The number of anilines is 1. The van der Waals surface area contributed by atoms with Gasteiger partial charge in [0.05, 0.1) is 15.8 Å². The Morgan fingerprint density at radius 2 is 1.72 bits per heavy atom. The Hall–Kier alpha value is -2.59. The lowest BCUT2D eigenvalue weighted by Crippen LogP contribution is -2.39. The summed E-state index contributed by atoms with van der Waals surface area (Å²) in [5.74, 6) is -0.445. The maximum atomic E-state index is 13.0. The van der Waals surface area contributed by atoms with Crippen LogP contribution < -0.4 is 9.64 Å². The lowest BCUT2D eigenvalue weighted by Gasteiger charge is -2.31. The zero-order chi connectivity index (χ0) is 22.9. The number of rotatable bonds is 5. The Balaban J connectivity index is 1.42. The van der Waals surface area contributed by atoms with Crippen molar-refractivity contribution >= 4 is 26.3 Å². The molecule has 0 radical (unpaired) electrons. The standard InChI is InChI=1S/C22H21F3N2O3S2/c1-15-4-2-3-5-19(15)20-14-31-21(26-20)27-12-10-18(11-13-27)32(28,29)17-8-6-16(7-9-17)30-22(23,24)25/h2-9,14,18H,10-13H2,1H3. The Morgan fingerprint density at radius 1 is 1.06 bits per heavy atom. The van der Waals surface area contributed by atoms with Crippen molar-refractivity contribution in [1.82, 2.24) is 4.98 Å². The third kappa shape index (κ3) is 4.91. The van der Waals surface area contributed by atoms with Gasteiger partial charge in [-0.1, -0.05) is 24.3 Å². The zero-order valence-corrected chi connectivity index (χ0v) is 18.8. The van der Waals surface area contributed by atoms with Crippen molar-refractivity contribution in [3.8, 4) is 17.0 Å². The summed E-state index contributed by atoms with van der Waals surface area (Å²) in [6.45, 7) is 3.12. The van der Waals surface area contributed by atoms with Gasteiger partial charge in [-0.2, -0.15) is 0 Å². The number of nitrogens with zero attached hydrogens (tertiary/aromatic N) is 2. The van der Waals surface area contributed by atoms with Crippen molar-refractivity contribution in [1.29, 1.82) is 0 Å². The molecule has 1 saturated heterocycles. The molecule has 10 heteroatoms. The molecule has 1 aliphatic heterocycles. The van der Waals surface area contributed by atoms with E-state index in [0.29, 0.717) is 25.9 Å². The number of alkyl halides is 3. The molecular formula is C22H21F3N2O3S2. The molecule has 0 spiro atoms. The van der Waals surface area contributed by atoms with Gasteiger partial charge in [0.1, 0.15) is 5.75 Å². The molecule has 0 amide bonds. The number of halogens is 3. The van der Waals surface area contributed by atoms with E-state index < -0.39 is 27.2 Å². The average molecular weight is 483 g/mol. The first kappa shape index (κ1) is 22.6. The molecule has 0 saturated carbocycles. The second-order valence-corrected chi connectivity index (χ2v) is 10.6. The van der Waals surface area contributed by atoms with Crippen molar-refractivity contribution in [2.75, 3.05) is 18.0 Å². The third-order valence-corrected chi connectivity index (χ3v) is 8.63. The molecule has 170 valence electrons. The van der Waals surface area contributed by atoms with Gasteiger partial charge in [-0.3, -0.25) is 0 Å². The maximum Gasteiger partial charge on any atom is 0.573 e. The van der Waals surface area contributed by atoms with E-state index in [0.717, 1.165) is 46.2 Å². The molecule has 4 rings (SSSR count). The van der Waals surface area contributed by atoms with Crippen molar-refractivity contribution in [2.24, 2.45) is 0 Å². The summed E-state index contributed by atoms with van der Waals surface area (Å²) < 4.78 is 66.7. The normalized spacial score (nSPS) is 15.7. The lowest BCUT2D eigenvalue weighted by molar-refractivity contribution is -0.274. The van der Waals surface area contributed by atoms with Crippen LogP contribution in [0.15, 0.2) is 58.8 Å². The molecule has 5 nitrogen and oxygen atoms in total. The Kier molecular flexibility index (Phi) is 6.17. The summed E-state index contributed by atoms with van der Waals surface area (Å²) in [7, 11) is -3.65. The molecule has 0 unspecified atom stereocenters. The molecule has 2 aromatic carbocycles. The number of hydrogen-bond acceptors (Lipinski definition) is 6. The highest BCUT2D eigenvalue weighted by Gasteiger charge is 2.33. The summed E-state index contributed by atoms with van der Waals surface area (Å²) in [5, 5.41) is 2.27. The average Bonchev–Trinajstić information content (AvgIpc) is 3.23. The van der Waals surface area contributed by atoms with E-state index in [2.05, 4.69) is 9.64 Å². The van der Waals surface area contributed by atoms with Crippen molar-refractivity contribution in [2.45, 2.75) is 36.3 Å². The summed E-state index contributed by atoms with van der Waals surface area (Å²) in [5.41, 5.74) is 3.12. The number of ether oxygens (including phenoxy) is 1. The molecule has 32 heavy (non-hydrogen) atoms. The monoisotopic (exact) mass is 482 g/mol. The first-order chi connectivity index (χ1) is 15.1. The number of aryl methyl sites for hydroxylation is 1. The molecule has 3 aromatic rings. The fourth-order valence-corrected chi connectivity index (χ4v) is 6.39. The van der Waals surface area contributed by atoms with Gasteiger partial charge in [0, 0.05) is 24.0 Å². The molecule has 1 aromatic heterocycles. The van der Waals surface area contributed by atoms with E-state index in [9.17, 15) is 21.6 Å². The van der Waals surface area contributed by atoms with Gasteiger partial charge in [-0.15, -0.1) is 24.5 Å². The van der Waals surface area contributed by atoms with Crippen LogP contribution in [0.2, 0.25) is 0 Å². The number of sulfone groups is 1. The maximum absolute atomic E-state index is 13.0. The van der Waals surface area contributed by atoms with Crippen LogP contribution in [0.3, 0.4) is 0 Å². The fourth-order valence-electron chi connectivity index (χ4n) is 3.77. The smallest absolute Gasteiger partial charge is 0.406 e. The molecule has 1 fully saturated rings. The van der Waals surface area contributed by atoms with E-state index >= 15 is 0 Å². The van der Waals surface area contributed by atoms with E-state index in [1.165, 1.54) is 11.3 Å². The summed E-state index contributed by atoms with van der Waals surface area (Å²) >= 11 is 1.53. The Morgan fingerprint density at radius 3 is 2.34 bits per heavy atom. The molecule has 1 aliphatic rings. The van der Waals surface area contributed by atoms with Gasteiger partial charge >= 0.3 is 6.36 Å². The topological polar surface area (TPSA) is 59.5 Å². The molecular weight excluding hydrogens is 461 g/mol. The quantitative estimate of drug-likeness (QED) is 0.483. The van der Waals surface area contributed by atoms with Crippen LogP contribution >= 0.6 is 11.3 Å². The van der Waals surface area contributed by atoms with E-state index in [1.54, 1.807) is 0 Å². The minimum Gasteiger partial charge on any atom is -0.406 e. The van der Waals surface area contributed by atoms with Crippen LogP contribution in [0.25, 0.3) is 11.3 Å². The van der Waals surface area contributed by atoms with Gasteiger partial charge in [-0.25, -0.2) is 13.4 Å². The summed E-state index contributed by atoms with van der Waals surface area (Å²) in [4.78, 5) is 6.82. The summed E-state index contributed by atoms with van der Waals surface area (Å²) in [6.07, 6.45) is -3.98.